The van der Waals surface area contributed by atoms with E-state index < -0.39 is 0 Å². The predicted octanol–water partition coefficient (Wildman–Crippen LogP) is 6.16. The van der Waals surface area contributed by atoms with Crippen molar-refractivity contribution in [2.75, 3.05) is 0 Å². The van der Waals surface area contributed by atoms with Gasteiger partial charge < -0.3 is 0 Å². The summed E-state index contributed by atoms with van der Waals surface area (Å²) < 4.78 is 0. The Morgan fingerprint density at radius 3 is 1.86 bits per heavy atom. The van der Waals surface area contributed by atoms with Gasteiger partial charge in [-0.15, -0.1) is 0 Å². The van der Waals surface area contributed by atoms with Gasteiger partial charge in [-0.05, 0) is 81.0 Å². The van der Waals surface area contributed by atoms with Gasteiger partial charge in [0.05, 0.1) is 0 Å². The van der Waals surface area contributed by atoms with Gasteiger partial charge in [0.25, 0.3) is 0 Å². The van der Waals surface area contributed by atoms with Crippen molar-refractivity contribution >= 4 is 5.78 Å². The lowest BCUT2D eigenvalue weighted by Gasteiger charge is -2.40. The maximum atomic E-state index is 11.7. The molecular weight excluding hydrogens is 268 g/mol. The summed E-state index contributed by atoms with van der Waals surface area (Å²) in [6, 6.07) is 0. The topological polar surface area (TPSA) is 17.1 Å². The summed E-state index contributed by atoms with van der Waals surface area (Å²) in [5, 5.41) is 0. The minimum Gasteiger partial charge on any atom is -0.300 e. The lowest BCUT2D eigenvalue weighted by Crippen LogP contribution is -2.30. The van der Waals surface area contributed by atoms with Gasteiger partial charge in [-0.2, -0.15) is 0 Å². The zero-order valence-electron chi connectivity index (χ0n) is 14.7. The largest absolute Gasteiger partial charge is 0.300 e. The molecule has 22 heavy (non-hydrogen) atoms. The van der Waals surface area contributed by atoms with Crippen LogP contribution in [0.15, 0.2) is 0 Å². The molecule has 0 aromatic rings. The van der Waals surface area contributed by atoms with Crippen LogP contribution in [0.3, 0.4) is 0 Å². The molecule has 0 aromatic heterocycles. The molecule has 3 rings (SSSR count). The molecule has 3 aliphatic carbocycles. The highest BCUT2D eigenvalue weighted by atomic mass is 16.1. The minimum absolute atomic E-state index is 0.549. The molecule has 0 heterocycles. The zero-order chi connectivity index (χ0) is 15.4. The van der Waals surface area contributed by atoms with Gasteiger partial charge in [-0.1, -0.05) is 32.6 Å². The van der Waals surface area contributed by atoms with Crippen LogP contribution in [-0.4, -0.2) is 5.78 Å². The Kier molecular flexibility index (Phi) is 5.99. The van der Waals surface area contributed by atoms with Crippen LogP contribution < -0.4 is 0 Å². The van der Waals surface area contributed by atoms with Gasteiger partial charge in [-0.3, -0.25) is 4.79 Å². The summed E-state index contributed by atoms with van der Waals surface area (Å²) in [5.41, 5.74) is 0. The molecule has 1 atom stereocenters. The Morgan fingerprint density at radius 1 is 0.773 bits per heavy atom. The van der Waals surface area contributed by atoms with Crippen LogP contribution in [0.2, 0.25) is 0 Å². The van der Waals surface area contributed by atoms with Gasteiger partial charge in [0.2, 0.25) is 0 Å². The fourth-order valence-electron chi connectivity index (χ4n) is 5.90. The molecule has 1 nitrogen and oxygen atoms in total. The monoisotopic (exact) mass is 304 g/mol. The lowest BCUT2D eigenvalue weighted by atomic mass is 9.65. The van der Waals surface area contributed by atoms with Gasteiger partial charge in [0.1, 0.15) is 5.78 Å². The molecule has 3 fully saturated rings. The van der Waals surface area contributed by atoms with E-state index in [-0.39, 0.29) is 0 Å². The Bertz CT molecular complexity index is 345. The molecule has 3 saturated carbocycles. The highest BCUT2D eigenvalue weighted by Crippen LogP contribution is 2.45. The summed E-state index contributed by atoms with van der Waals surface area (Å²) in [5.74, 6) is 5.30. The van der Waals surface area contributed by atoms with E-state index in [1.807, 2.05) is 0 Å². The molecule has 0 amide bonds. The van der Waals surface area contributed by atoms with Crippen molar-refractivity contribution in [3.8, 4) is 0 Å². The first-order valence-corrected chi connectivity index (χ1v) is 10.3. The molecule has 1 heteroatoms. The van der Waals surface area contributed by atoms with Crippen LogP contribution in [0.4, 0.5) is 0 Å². The van der Waals surface area contributed by atoms with Gasteiger partial charge in [0, 0.05) is 12.8 Å². The number of rotatable bonds is 4. The lowest BCUT2D eigenvalue weighted by molar-refractivity contribution is -0.122. The van der Waals surface area contributed by atoms with Crippen molar-refractivity contribution in [2.45, 2.75) is 96.8 Å². The second kappa shape index (κ2) is 7.97. The van der Waals surface area contributed by atoms with Crippen LogP contribution >= 0.6 is 0 Å². The predicted molar refractivity (Wildman–Crippen MR) is 92.8 cm³/mol. The van der Waals surface area contributed by atoms with Crippen molar-refractivity contribution in [1.29, 1.82) is 0 Å². The molecule has 0 bridgehead atoms. The van der Waals surface area contributed by atoms with E-state index in [1.165, 1.54) is 77.0 Å². The van der Waals surface area contributed by atoms with Crippen molar-refractivity contribution in [3.05, 3.63) is 0 Å². The maximum absolute atomic E-state index is 11.7. The smallest absolute Gasteiger partial charge is 0.133 e. The normalized spacial score (nSPS) is 40.6. The zero-order valence-corrected chi connectivity index (χ0v) is 14.7. The highest BCUT2D eigenvalue weighted by Gasteiger charge is 2.34. The second-order valence-electron chi connectivity index (χ2n) is 8.64. The average molecular weight is 305 g/mol. The SMILES string of the molecule is CCC[C@H]1CC[C@H](C2CCC(C3CCCC(=O)C3)CC2)CC1. The van der Waals surface area contributed by atoms with Gasteiger partial charge in [-0.25, -0.2) is 0 Å². The maximum Gasteiger partial charge on any atom is 0.133 e. The summed E-state index contributed by atoms with van der Waals surface area (Å²) in [4.78, 5) is 11.7. The van der Waals surface area contributed by atoms with Crippen molar-refractivity contribution in [1.82, 2.24) is 0 Å². The summed E-state index contributed by atoms with van der Waals surface area (Å²) >= 11 is 0. The molecule has 0 spiro atoms. The van der Waals surface area contributed by atoms with E-state index in [1.54, 1.807) is 0 Å². The summed E-state index contributed by atoms with van der Waals surface area (Å²) in [7, 11) is 0. The molecule has 126 valence electrons. The van der Waals surface area contributed by atoms with E-state index in [4.69, 9.17) is 0 Å². The Morgan fingerprint density at radius 2 is 1.32 bits per heavy atom. The number of hydrogen-bond acceptors (Lipinski definition) is 1. The Labute approximate surface area is 137 Å². The van der Waals surface area contributed by atoms with E-state index in [0.29, 0.717) is 5.78 Å². The van der Waals surface area contributed by atoms with Gasteiger partial charge in [0.15, 0.2) is 0 Å². The molecule has 0 aromatic carbocycles. The second-order valence-corrected chi connectivity index (χ2v) is 8.64. The number of hydrogen-bond donors (Lipinski definition) is 0. The number of carbonyl (C=O) groups is 1. The molecule has 0 N–H and O–H groups in total. The van der Waals surface area contributed by atoms with Crippen LogP contribution in [-0.2, 0) is 4.79 Å². The molecule has 0 radical (unpaired) electrons. The quantitative estimate of drug-likeness (QED) is 0.608. The van der Waals surface area contributed by atoms with Crippen molar-refractivity contribution in [2.24, 2.45) is 29.6 Å². The van der Waals surface area contributed by atoms with Crippen molar-refractivity contribution < 1.29 is 4.79 Å². The number of Topliss-reactive ketones (excluding diaryl/α,β-unsaturated/α-hetero) is 1. The standard InChI is InChI=1S/C21H36O/c1-2-4-16-7-9-17(10-8-16)18-11-13-19(14-12-18)20-5-3-6-21(22)15-20/h16-20H,2-15H2,1H3/t16-,17-,18?,19?,20?. The van der Waals surface area contributed by atoms with Gasteiger partial charge >= 0.3 is 0 Å². The number of carbonyl (C=O) groups excluding carboxylic acids is 1. The number of ketones is 1. The van der Waals surface area contributed by atoms with Crippen LogP contribution in [0.25, 0.3) is 0 Å². The average Bonchev–Trinajstić information content (AvgIpc) is 2.56. The first-order valence-electron chi connectivity index (χ1n) is 10.3. The molecule has 0 saturated heterocycles. The van der Waals surface area contributed by atoms with E-state index in [2.05, 4.69) is 6.92 Å². The Balaban J connectivity index is 1.41. The van der Waals surface area contributed by atoms with Crippen LogP contribution in [0, 0.1) is 29.6 Å². The molecule has 0 aliphatic heterocycles. The third kappa shape index (κ3) is 4.15. The Hall–Kier alpha value is -0.330. The fraction of sp³-hybridized carbons (Fsp3) is 0.952. The first-order chi connectivity index (χ1) is 10.8. The summed E-state index contributed by atoms with van der Waals surface area (Å²) in [6.07, 6.45) is 19.0. The fourth-order valence-corrected chi connectivity index (χ4v) is 5.90. The third-order valence-corrected chi connectivity index (χ3v) is 7.26. The van der Waals surface area contributed by atoms with E-state index in [0.717, 1.165) is 42.4 Å². The minimum atomic E-state index is 0.549. The van der Waals surface area contributed by atoms with E-state index >= 15 is 0 Å². The molecule has 1 unspecified atom stereocenters. The summed E-state index contributed by atoms with van der Waals surface area (Å²) in [6.45, 7) is 2.34. The van der Waals surface area contributed by atoms with E-state index in [9.17, 15) is 4.79 Å². The third-order valence-electron chi connectivity index (χ3n) is 7.26. The molecular formula is C21H36O. The van der Waals surface area contributed by atoms with Crippen LogP contribution in [0.1, 0.15) is 96.8 Å². The van der Waals surface area contributed by atoms with Crippen molar-refractivity contribution in [3.63, 3.8) is 0 Å². The first kappa shape index (κ1) is 16.5. The van der Waals surface area contributed by atoms with Crippen LogP contribution in [0.5, 0.6) is 0 Å². The molecule has 3 aliphatic rings. The highest BCUT2D eigenvalue weighted by molar-refractivity contribution is 5.79.